The van der Waals surface area contributed by atoms with Gasteiger partial charge in [0, 0.05) is 6.07 Å². The fraction of sp³-hybridized carbons (Fsp3) is 0.500. The van der Waals surface area contributed by atoms with E-state index in [0.717, 1.165) is 19.2 Å². The molecule has 0 aromatic carbocycles. The van der Waals surface area contributed by atoms with Crippen LogP contribution in [0.1, 0.15) is 12.8 Å². The zero-order valence-corrected chi connectivity index (χ0v) is 7.00. The second kappa shape index (κ2) is 2.92. The number of anilines is 1. The van der Waals surface area contributed by atoms with Gasteiger partial charge < -0.3 is 10.4 Å². The normalized spacial score (nSPS) is 18.3. The lowest BCUT2D eigenvalue weighted by Gasteiger charge is -2.14. The van der Waals surface area contributed by atoms with Crippen molar-refractivity contribution in [3.63, 3.8) is 0 Å². The third-order valence-electron chi connectivity index (χ3n) is 2.18. The van der Waals surface area contributed by atoms with Crippen molar-refractivity contribution in [3.05, 3.63) is 18.3 Å². The quantitative estimate of drug-likeness (QED) is 0.672. The zero-order valence-electron chi connectivity index (χ0n) is 7.00. The molecule has 1 fully saturated rings. The van der Waals surface area contributed by atoms with Gasteiger partial charge in [0.25, 0.3) is 0 Å². The molecule has 0 radical (unpaired) electrons. The van der Waals surface area contributed by atoms with Gasteiger partial charge in [-0.15, -0.1) is 0 Å². The van der Waals surface area contributed by atoms with Gasteiger partial charge in [-0.3, -0.25) is 0 Å². The van der Waals surface area contributed by atoms with E-state index in [1.807, 2.05) is 0 Å². The Morgan fingerprint density at radius 2 is 2.31 bits per heavy atom. The monoisotopic (exact) mass is 183 g/mol. The molecule has 70 valence electrons. The summed E-state index contributed by atoms with van der Waals surface area (Å²) in [4.78, 5) is 7.18. The van der Waals surface area contributed by atoms with E-state index in [0.29, 0.717) is 5.82 Å². The Labute approximate surface area is 74.8 Å². The van der Waals surface area contributed by atoms with Gasteiger partial charge in [-0.2, -0.15) is 4.39 Å². The highest BCUT2D eigenvalue weighted by Crippen LogP contribution is 2.37. The molecule has 1 aliphatic rings. The van der Waals surface area contributed by atoms with E-state index in [-0.39, 0.29) is 12.1 Å². The highest BCUT2D eigenvalue weighted by Gasteiger charge is 2.42. The van der Waals surface area contributed by atoms with Gasteiger partial charge in [0.15, 0.2) is 0 Å². The number of aliphatic hydroxyl groups is 1. The Balaban J connectivity index is 2.09. The van der Waals surface area contributed by atoms with Crippen LogP contribution in [0.2, 0.25) is 0 Å². The van der Waals surface area contributed by atoms with Crippen molar-refractivity contribution in [2.45, 2.75) is 18.4 Å². The molecule has 0 unspecified atom stereocenters. The van der Waals surface area contributed by atoms with Crippen LogP contribution in [-0.2, 0) is 0 Å². The lowest BCUT2D eigenvalue weighted by Crippen LogP contribution is -2.26. The summed E-state index contributed by atoms with van der Waals surface area (Å²) in [6, 6.07) is 1.22. The Morgan fingerprint density at radius 3 is 2.85 bits per heavy atom. The van der Waals surface area contributed by atoms with Crippen LogP contribution in [0.25, 0.3) is 0 Å². The zero-order chi connectivity index (χ0) is 9.31. The molecular weight excluding hydrogens is 173 g/mol. The number of rotatable bonds is 3. The molecule has 2 N–H and O–H groups in total. The first-order chi connectivity index (χ1) is 6.24. The molecular formula is C8H10FN3O. The number of nitrogens with one attached hydrogen (secondary N) is 1. The maximum atomic E-state index is 12.6. The van der Waals surface area contributed by atoms with E-state index >= 15 is 0 Å². The second-order valence-electron chi connectivity index (χ2n) is 3.29. The summed E-state index contributed by atoms with van der Waals surface area (Å²) in [6.07, 6.45) is 2.95. The summed E-state index contributed by atoms with van der Waals surface area (Å²) in [5.41, 5.74) is -0.263. The van der Waals surface area contributed by atoms with E-state index < -0.39 is 5.95 Å². The summed E-state index contributed by atoms with van der Waals surface area (Å²) in [7, 11) is 0. The van der Waals surface area contributed by atoms with Gasteiger partial charge in [-0.1, -0.05) is 0 Å². The van der Waals surface area contributed by atoms with Crippen molar-refractivity contribution in [1.29, 1.82) is 0 Å². The average Bonchev–Trinajstić information content (AvgIpc) is 2.86. The van der Waals surface area contributed by atoms with Gasteiger partial charge in [-0.25, -0.2) is 9.97 Å². The lowest BCUT2D eigenvalue weighted by molar-refractivity contribution is 0.266. The molecule has 1 aliphatic carbocycles. The molecule has 1 saturated carbocycles. The molecule has 0 atom stereocenters. The van der Waals surface area contributed by atoms with Gasteiger partial charge >= 0.3 is 0 Å². The summed E-state index contributed by atoms with van der Waals surface area (Å²) < 4.78 is 12.6. The average molecular weight is 183 g/mol. The highest BCUT2D eigenvalue weighted by molar-refractivity contribution is 5.39. The lowest BCUT2D eigenvalue weighted by atomic mass is 10.3. The number of aliphatic hydroxyl groups excluding tert-OH is 1. The number of halogens is 1. The van der Waals surface area contributed by atoms with Crippen LogP contribution in [0.4, 0.5) is 10.2 Å². The first-order valence-electron chi connectivity index (χ1n) is 4.11. The Hall–Kier alpha value is -1.23. The summed E-state index contributed by atoms with van der Waals surface area (Å²) in [5, 5.41) is 12.0. The molecule has 5 heteroatoms. The minimum atomic E-state index is -0.564. The smallest absolute Gasteiger partial charge is 0.217 e. The second-order valence-corrected chi connectivity index (χ2v) is 3.29. The Morgan fingerprint density at radius 1 is 1.54 bits per heavy atom. The summed E-state index contributed by atoms with van der Waals surface area (Å²) in [6.45, 7) is 0.0542. The number of nitrogens with zero attached hydrogens (tertiary/aromatic N) is 2. The predicted octanol–water partition coefficient (Wildman–Crippen LogP) is 0.552. The van der Waals surface area contributed by atoms with Crippen LogP contribution >= 0.6 is 0 Å². The fourth-order valence-corrected chi connectivity index (χ4v) is 1.15. The molecule has 1 aromatic heterocycles. The summed E-state index contributed by atoms with van der Waals surface area (Å²) >= 11 is 0. The van der Waals surface area contributed by atoms with Crippen LogP contribution in [0, 0.1) is 5.95 Å². The van der Waals surface area contributed by atoms with E-state index in [4.69, 9.17) is 5.11 Å². The maximum absolute atomic E-state index is 12.6. The molecule has 0 aliphatic heterocycles. The molecule has 1 aromatic rings. The summed E-state index contributed by atoms with van der Waals surface area (Å²) in [5.74, 6) is -0.134. The fourth-order valence-electron chi connectivity index (χ4n) is 1.15. The molecule has 0 amide bonds. The van der Waals surface area contributed by atoms with Crippen molar-refractivity contribution in [1.82, 2.24) is 9.97 Å². The van der Waals surface area contributed by atoms with Gasteiger partial charge in [0.2, 0.25) is 5.95 Å². The van der Waals surface area contributed by atoms with Crippen LogP contribution in [-0.4, -0.2) is 27.2 Å². The standard InChI is InChI=1S/C8H10FN3O/c9-6-3-7(11-5-10-6)12-8(4-13)1-2-8/h3,5,13H,1-2,4H2,(H,10,11,12). The van der Waals surface area contributed by atoms with Gasteiger partial charge in [0.05, 0.1) is 12.1 Å². The van der Waals surface area contributed by atoms with Crippen LogP contribution in [0.3, 0.4) is 0 Å². The van der Waals surface area contributed by atoms with E-state index in [2.05, 4.69) is 15.3 Å². The van der Waals surface area contributed by atoms with Gasteiger partial charge in [-0.05, 0) is 12.8 Å². The molecule has 1 heterocycles. The van der Waals surface area contributed by atoms with E-state index in [1.54, 1.807) is 0 Å². The van der Waals surface area contributed by atoms with Crippen molar-refractivity contribution in [3.8, 4) is 0 Å². The molecule has 4 nitrogen and oxygen atoms in total. The molecule has 0 bridgehead atoms. The van der Waals surface area contributed by atoms with E-state index in [9.17, 15) is 4.39 Å². The molecule has 0 spiro atoms. The highest BCUT2D eigenvalue weighted by atomic mass is 19.1. The maximum Gasteiger partial charge on any atom is 0.217 e. The number of hydrogen-bond acceptors (Lipinski definition) is 4. The topological polar surface area (TPSA) is 58.0 Å². The van der Waals surface area contributed by atoms with Crippen LogP contribution in [0.5, 0.6) is 0 Å². The van der Waals surface area contributed by atoms with E-state index in [1.165, 1.54) is 6.07 Å². The molecule has 2 rings (SSSR count). The van der Waals surface area contributed by atoms with Crippen molar-refractivity contribution >= 4 is 5.82 Å². The van der Waals surface area contributed by atoms with Gasteiger partial charge in [0.1, 0.15) is 12.1 Å². The Bertz CT molecular complexity index is 314. The third-order valence-corrected chi connectivity index (χ3v) is 2.18. The number of aromatic nitrogens is 2. The molecule has 0 saturated heterocycles. The van der Waals surface area contributed by atoms with Crippen molar-refractivity contribution < 1.29 is 9.50 Å². The first kappa shape index (κ1) is 8.37. The molecule has 13 heavy (non-hydrogen) atoms. The van der Waals surface area contributed by atoms with Crippen LogP contribution in [0.15, 0.2) is 12.4 Å². The van der Waals surface area contributed by atoms with Crippen molar-refractivity contribution in [2.75, 3.05) is 11.9 Å². The first-order valence-corrected chi connectivity index (χ1v) is 4.11. The van der Waals surface area contributed by atoms with Crippen molar-refractivity contribution in [2.24, 2.45) is 0 Å². The number of hydrogen-bond donors (Lipinski definition) is 2. The minimum Gasteiger partial charge on any atom is -0.394 e. The largest absolute Gasteiger partial charge is 0.394 e. The SMILES string of the molecule is OCC1(Nc2cc(F)ncn2)CC1. The Kier molecular flexibility index (Phi) is 1.88. The third kappa shape index (κ3) is 1.75. The predicted molar refractivity (Wildman–Crippen MR) is 44.7 cm³/mol. The van der Waals surface area contributed by atoms with Crippen LogP contribution < -0.4 is 5.32 Å². The minimum absolute atomic E-state index is 0.0542.